The number of carbonyl (C=O) groups is 3. The molecule has 8 nitrogen and oxygen atoms in total. The lowest BCUT2D eigenvalue weighted by molar-refractivity contribution is -0.119. The van der Waals surface area contributed by atoms with Crippen molar-refractivity contribution in [2.45, 2.75) is 45.9 Å². The fraction of sp³-hybridized carbons (Fsp3) is 0.381. The average Bonchev–Trinajstić information content (AvgIpc) is 3.27. The van der Waals surface area contributed by atoms with Gasteiger partial charge in [-0.1, -0.05) is 0 Å². The molecule has 2 atom stereocenters. The first-order chi connectivity index (χ1) is 14.5. The molecule has 3 rings (SSSR count). The molecular weight excluding hydrogens is 440 g/mol. The summed E-state index contributed by atoms with van der Waals surface area (Å²) < 4.78 is 30.8. The topological polar surface area (TPSA) is 110 Å². The number of anilines is 1. The molecule has 0 bridgehead atoms. The number of carbonyl (C=O) groups excluding carboxylic acids is 3. The van der Waals surface area contributed by atoms with E-state index in [1.54, 1.807) is 31.2 Å². The minimum absolute atomic E-state index is 0.160. The maximum absolute atomic E-state index is 12.6. The second-order valence-electron chi connectivity index (χ2n) is 7.54. The summed E-state index contributed by atoms with van der Waals surface area (Å²) in [7, 11) is -3.42. The lowest BCUT2D eigenvalue weighted by Gasteiger charge is -2.22. The van der Waals surface area contributed by atoms with Gasteiger partial charge < -0.3 is 10.1 Å². The summed E-state index contributed by atoms with van der Waals surface area (Å²) in [5.41, 5.74) is 1.56. The summed E-state index contributed by atoms with van der Waals surface area (Å²) in [5.74, 6) is -1.14. The highest BCUT2D eigenvalue weighted by molar-refractivity contribution is 7.92. The van der Waals surface area contributed by atoms with Crippen LogP contribution in [0.3, 0.4) is 0 Å². The van der Waals surface area contributed by atoms with E-state index in [0.717, 1.165) is 16.7 Å². The van der Waals surface area contributed by atoms with Crippen molar-refractivity contribution < 1.29 is 27.5 Å². The van der Waals surface area contributed by atoms with Crippen LogP contribution in [0.2, 0.25) is 0 Å². The van der Waals surface area contributed by atoms with Crippen LogP contribution in [0.5, 0.6) is 0 Å². The number of nitrogens with zero attached hydrogens (tertiary/aromatic N) is 1. The third-order valence-electron chi connectivity index (χ3n) is 4.89. The van der Waals surface area contributed by atoms with Gasteiger partial charge in [0, 0.05) is 17.8 Å². The summed E-state index contributed by atoms with van der Waals surface area (Å²) in [6.07, 6.45) is 0.657. The van der Waals surface area contributed by atoms with Crippen molar-refractivity contribution in [3.05, 3.63) is 51.2 Å². The molecule has 1 N–H and O–H groups in total. The molecule has 0 saturated carbocycles. The van der Waals surface area contributed by atoms with Crippen molar-refractivity contribution in [1.29, 1.82) is 0 Å². The molecule has 0 aliphatic carbocycles. The number of hydrogen-bond donors (Lipinski definition) is 1. The van der Waals surface area contributed by atoms with E-state index in [2.05, 4.69) is 5.32 Å². The molecular formula is C21H24N2O6S2. The molecule has 1 aromatic carbocycles. The van der Waals surface area contributed by atoms with E-state index in [1.165, 1.54) is 35.6 Å². The number of ketones is 1. The number of rotatable bonds is 7. The second kappa shape index (κ2) is 8.80. The molecule has 0 radical (unpaired) electrons. The molecule has 1 aliphatic rings. The number of benzene rings is 1. The molecule has 2 heterocycles. The number of thiophene rings is 1. The van der Waals surface area contributed by atoms with Gasteiger partial charge in [-0.05, 0) is 56.2 Å². The Bertz CT molecular complexity index is 1140. The molecule has 0 fully saturated rings. The minimum atomic E-state index is -3.42. The smallest absolute Gasteiger partial charge is 0.338 e. The van der Waals surface area contributed by atoms with Crippen molar-refractivity contribution in [3.63, 3.8) is 0 Å². The van der Waals surface area contributed by atoms with Gasteiger partial charge in [0.1, 0.15) is 0 Å². The van der Waals surface area contributed by atoms with Crippen LogP contribution in [0.4, 0.5) is 5.69 Å². The van der Waals surface area contributed by atoms with Crippen molar-refractivity contribution >= 4 is 44.7 Å². The Balaban J connectivity index is 1.69. The number of esters is 1. The summed E-state index contributed by atoms with van der Waals surface area (Å²) in [4.78, 5) is 37.5. The molecule has 2 aromatic rings. The maximum atomic E-state index is 12.6. The largest absolute Gasteiger partial charge is 0.451 e. The van der Waals surface area contributed by atoms with Gasteiger partial charge in [-0.15, -0.1) is 11.3 Å². The Morgan fingerprint density at radius 3 is 2.61 bits per heavy atom. The molecule has 166 valence electrons. The summed E-state index contributed by atoms with van der Waals surface area (Å²) >= 11 is 1.24. The van der Waals surface area contributed by atoms with Gasteiger partial charge in [0.15, 0.2) is 6.10 Å². The monoisotopic (exact) mass is 464 g/mol. The fourth-order valence-electron chi connectivity index (χ4n) is 3.53. The van der Waals surface area contributed by atoms with Gasteiger partial charge in [-0.2, -0.15) is 0 Å². The van der Waals surface area contributed by atoms with Crippen LogP contribution in [0.1, 0.15) is 51.2 Å². The predicted molar refractivity (Wildman–Crippen MR) is 118 cm³/mol. The highest BCUT2D eigenvalue weighted by Crippen LogP contribution is 2.35. The van der Waals surface area contributed by atoms with Crippen molar-refractivity contribution in [1.82, 2.24) is 5.32 Å². The summed E-state index contributed by atoms with van der Waals surface area (Å²) in [6, 6.07) is 7.87. The number of amides is 1. The van der Waals surface area contributed by atoms with Crippen LogP contribution in [0, 0.1) is 0 Å². The normalized spacial score (nSPS) is 16.5. The zero-order valence-corrected chi connectivity index (χ0v) is 19.3. The van der Waals surface area contributed by atoms with Crippen LogP contribution in [-0.2, 0) is 32.5 Å². The fourth-order valence-corrected chi connectivity index (χ4v) is 5.76. The first kappa shape index (κ1) is 23.0. The zero-order chi connectivity index (χ0) is 22.9. The molecule has 31 heavy (non-hydrogen) atoms. The van der Waals surface area contributed by atoms with E-state index in [0.29, 0.717) is 23.5 Å². The van der Waals surface area contributed by atoms with Crippen molar-refractivity contribution in [2.75, 3.05) is 10.6 Å². The van der Waals surface area contributed by atoms with E-state index in [1.807, 2.05) is 0 Å². The zero-order valence-electron chi connectivity index (χ0n) is 17.7. The highest BCUT2D eigenvalue weighted by Gasteiger charge is 2.33. The molecule has 1 aliphatic heterocycles. The van der Waals surface area contributed by atoms with E-state index in [-0.39, 0.29) is 23.3 Å². The molecule has 2 unspecified atom stereocenters. The van der Waals surface area contributed by atoms with Gasteiger partial charge in [0.2, 0.25) is 21.7 Å². The molecule has 1 aromatic heterocycles. The van der Waals surface area contributed by atoms with Gasteiger partial charge in [0.05, 0.1) is 28.9 Å². The molecule has 0 spiro atoms. The SMILES string of the molecule is CC(=O)NCc1ccc(C(=O)C(C)OC(=O)c2ccc3c(c2)CC(C)N3S(C)(=O)=O)s1. The summed E-state index contributed by atoms with van der Waals surface area (Å²) in [5, 5.41) is 2.67. The first-order valence-corrected chi connectivity index (χ1v) is 12.3. The average molecular weight is 465 g/mol. The number of nitrogens with one attached hydrogen (secondary N) is 1. The molecule has 10 heteroatoms. The Hall–Kier alpha value is -2.72. The lowest BCUT2D eigenvalue weighted by Crippen LogP contribution is -2.34. The van der Waals surface area contributed by atoms with Crippen molar-refractivity contribution in [2.24, 2.45) is 0 Å². The highest BCUT2D eigenvalue weighted by atomic mass is 32.2. The van der Waals surface area contributed by atoms with Gasteiger partial charge in [0.25, 0.3) is 0 Å². The summed E-state index contributed by atoms with van der Waals surface area (Å²) in [6.45, 7) is 5.06. The predicted octanol–water partition coefficient (Wildman–Crippen LogP) is 2.52. The first-order valence-electron chi connectivity index (χ1n) is 9.68. The van der Waals surface area contributed by atoms with E-state index >= 15 is 0 Å². The van der Waals surface area contributed by atoms with Crippen molar-refractivity contribution in [3.8, 4) is 0 Å². The van der Waals surface area contributed by atoms with Gasteiger partial charge in [-0.25, -0.2) is 13.2 Å². The Labute approximate surface area is 185 Å². The number of fused-ring (bicyclic) bond motifs is 1. The Kier molecular flexibility index (Phi) is 6.51. The number of Topliss-reactive ketones (excluding diaryl/α,β-unsaturated/α-hetero) is 1. The van der Waals surface area contributed by atoms with E-state index in [9.17, 15) is 22.8 Å². The van der Waals surface area contributed by atoms with E-state index in [4.69, 9.17) is 4.74 Å². The van der Waals surface area contributed by atoms with E-state index < -0.39 is 22.1 Å². The minimum Gasteiger partial charge on any atom is -0.451 e. The lowest BCUT2D eigenvalue weighted by atomic mass is 10.1. The van der Waals surface area contributed by atoms with Crippen LogP contribution in [0.15, 0.2) is 30.3 Å². The standard InChI is InChI=1S/C21H24N2O6S2/c1-12-9-16-10-15(5-7-18(16)23(12)31(4,27)28)21(26)29-13(2)20(25)19-8-6-17(30-19)11-22-14(3)24/h5-8,10,12-13H,9,11H2,1-4H3,(H,22,24). The number of ether oxygens (including phenoxy) is 1. The third kappa shape index (κ3) is 5.13. The Morgan fingerprint density at radius 2 is 1.97 bits per heavy atom. The molecule has 1 amide bonds. The Morgan fingerprint density at radius 1 is 1.26 bits per heavy atom. The van der Waals surface area contributed by atoms with Crippen LogP contribution < -0.4 is 9.62 Å². The second-order valence-corrected chi connectivity index (χ2v) is 10.6. The van der Waals surface area contributed by atoms with Gasteiger partial charge >= 0.3 is 5.97 Å². The van der Waals surface area contributed by atoms with Gasteiger partial charge in [-0.3, -0.25) is 13.9 Å². The van der Waals surface area contributed by atoms with Crippen LogP contribution in [0.25, 0.3) is 0 Å². The quantitative estimate of drug-likeness (QED) is 0.498. The van der Waals surface area contributed by atoms with Crippen LogP contribution in [-0.4, -0.2) is 44.5 Å². The number of hydrogen-bond acceptors (Lipinski definition) is 7. The maximum Gasteiger partial charge on any atom is 0.338 e. The van der Waals surface area contributed by atoms with Crippen LogP contribution >= 0.6 is 11.3 Å². The number of sulfonamides is 1. The third-order valence-corrected chi connectivity index (χ3v) is 7.27. The molecule has 0 saturated heterocycles.